The van der Waals surface area contributed by atoms with Gasteiger partial charge in [-0.25, -0.2) is 4.98 Å². The number of nitrogen functional groups attached to an aromatic ring is 1. The average Bonchev–Trinajstić information content (AvgIpc) is 2.47. The van der Waals surface area contributed by atoms with E-state index in [9.17, 15) is 0 Å². The lowest BCUT2D eigenvalue weighted by Crippen LogP contribution is -2.02. The molecule has 0 unspecified atom stereocenters. The first-order valence-corrected chi connectivity index (χ1v) is 6.97. The number of aromatic nitrogens is 2. The molecule has 0 radical (unpaired) electrons. The van der Waals surface area contributed by atoms with Crippen LogP contribution in [0.5, 0.6) is 0 Å². The van der Waals surface area contributed by atoms with E-state index in [4.69, 9.17) is 10.6 Å². The quantitative estimate of drug-likeness (QED) is 0.503. The number of oxime groups is 1. The van der Waals surface area contributed by atoms with E-state index in [2.05, 4.69) is 15.1 Å². The summed E-state index contributed by atoms with van der Waals surface area (Å²) in [4.78, 5) is 14.0. The van der Waals surface area contributed by atoms with Gasteiger partial charge in [-0.2, -0.15) is 0 Å². The van der Waals surface area contributed by atoms with Crippen molar-refractivity contribution in [3.05, 3.63) is 53.5 Å². The van der Waals surface area contributed by atoms with E-state index in [-0.39, 0.29) is 0 Å². The van der Waals surface area contributed by atoms with Gasteiger partial charge in [-0.15, -0.1) is 0 Å². The van der Waals surface area contributed by atoms with Crippen molar-refractivity contribution < 1.29 is 4.84 Å². The van der Waals surface area contributed by atoms with Gasteiger partial charge in [-0.1, -0.05) is 17.3 Å². The second-order valence-corrected chi connectivity index (χ2v) is 4.83. The maximum absolute atomic E-state index is 5.63. The highest BCUT2D eigenvalue weighted by molar-refractivity contribution is 5.96. The van der Waals surface area contributed by atoms with Crippen molar-refractivity contribution in [1.29, 1.82) is 0 Å². The summed E-state index contributed by atoms with van der Waals surface area (Å²) in [5.41, 5.74) is 9.19. The highest BCUT2D eigenvalue weighted by Gasteiger charge is 2.00. The summed E-state index contributed by atoms with van der Waals surface area (Å²) in [6.45, 7) is 4.39. The lowest BCUT2D eigenvalue weighted by molar-refractivity contribution is 0.141. The Hall–Kier alpha value is -2.43. The van der Waals surface area contributed by atoms with Crippen LogP contribution in [-0.2, 0) is 11.3 Å². The highest BCUT2D eigenvalue weighted by Crippen LogP contribution is 2.04. The number of hydrogen-bond donors (Lipinski definition) is 1. The molecule has 2 aromatic rings. The van der Waals surface area contributed by atoms with E-state index in [1.165, 1.54) is 0 Å². The zero-order valence-corrected chi connectivity index (χ0v) is 12.4. The molecule has 2 aromatic heterocycles. The Morgan fingerprint density at radius 1 is 1.19 bits per heavy atom. The fraction of sp³-hybridized carbons (Fsp3) is 0.312. The molecule has 0 saturated heterocycles. The summed E-state index contributed by atoms with van der Waals surface area (Å²) in [5, 5.41) is 4.09. The number of aryl methyl sites for hydroxylation is 2. The zero-order chi connectivity index (χ0) is 15.1. The van der Waals surface area contributed by atoms with Crippen LogP contribution in [0, 0.1) is 6.92 Å². The van der Waals surface area contributed by atoms with Gasteiger partial charge in [0.1, 0.15) is 18.1 Å². The number of nitrogens with zero attached hydrogens (tertiary/aromatic N) is 3. The first-order valence-electron chi connectivity index (χ1n) is 6.97. The molecule has 5 nitrogen and oxygen atoms in total. The normalized spacial score (nSPS) is 11.4. The molecule has 5 heteroatoms. The molecule has 0 saturated carbocycles. The van der Waals surface area contributed by atoms with Crippen LogP contribution in [0.15, 0.2) is 41.6 Å². The molecule has 0 aliphatic heterocycles. The molecule has 2 N–H and O–H groups in total. The second kappa shape index (κ2) is 7.38. The van der Waals surface area contributed by atoms with Gasteiger partial charge < -0.3 is 10.6 Å². The molecular formula is C16H20N4O. The maximum atomic E-state index is 5.63. The Bertz CT molecular complexity index is 625. The number of hydrogen-bond acceptors (Lipinski definition) is 5. The van der Waals surface area contributed by atoms with Crippen LogP contribution in [0.1, 0.15) is 30.4 Å². The van der Waals surface area contributed by atoms with Crippen LogP contribution in [0.25, 0.3) is 0 Å². The smallest absolute Gasteiger partial charge is 0.123 e. The third kappa shape index (κ3) is 4.87. The van der Waals surface area contributed by atoms with Gasteiger partial charge in [0.15, 0.2) is 0 Å². The second-order valence-electron chi connectivity index (χ2n) is 4.83. The van der Waals surface area contributed by atoms with E-state index < -0.39 is 0 Å². The third-order valence-corrected chi connectivity index (χ3v) is 2.96. The van der Waals surface area contributed by atoms with Crippen molar-refractivity contribution in [3.63, 3.8) is 0 Å². The van der Waals surface area contributed by atoms with Gasteiger partial charge in [-0.05, 0) is 51.0 Å². The largest absolute Gasteiger partial charge is 0.396 e. The molecule has 0 amide bonds. The van der Waals surface area contributed by atoms with Crippen molar-refractivity contribution in [2.45, 2.75) is 26.7 Å². The molecule has 0 aromatic carbocycles. The Kier molecular flexibility index (Phi) is 5.26. The van der Waals surface area contributed by atoms with Crippen molar-refractivity contribution in [3.8, 4) is 0 Å². The van der Waals surface area contributed by atoms with Gasteiger partial charge in [0, 0.05) is 11.4 Å². The van der Waals surface area contributed by atoms with Crippen molar-refractivity contribution in [1.82, 2.24) is 9.97 Å². The molecule has 0 atom stereocenters. The Morgan fingerprint density at radius 2 is 2.00 bits per heavy atom. The highest BCUT2D eigenvalue weighted by atomic mass is 16.6. The van der Waals surface area contributed by atoms with Crippen LogP contribution in [0.4, 0.5) is 5.82 Å². The van der Waals surface area contributed by atoms with Crippen LogP contribution >= 0.6 is 0 Å². The topological polar surface area (TPSA) is 73.4 Å². The summed E-state index contributed by atoms with van der Waals surface area (Å²) in [5.74, 6) is 0.549. The summed E-state index contributed by atoms with van der Waals surface area (Å²) in [7, 11) is 0. The molecular weight excluding hydrogens is 264 g/mol. The predicted octanol–water partition coefficient (Wildman–Crippen LogP) is 2.74. The van der Waals surface area contributed by atoms with Crippen LogP contribution in [0.3, 0.4) is 0 Å². The van der Waals surface area contributed by atoms with E-state index in [0.717, 1.165) is 35.6 Å². The molecule has 0 aliphatic rings. The lowest BCUT2D eigenvalue weighted by Gasteiger charge is -2.03. The molecule has 2 heterocycles. The zero-order valence-electron chi connectivity index (χ0n) is 12.4. The number of rotatable bonds is 6. The molecule has 21 heavy (non-hydrogen) atoms. The lowest BCUT2D eigenvalue weighted by atomic mass is 10.2. The van der Waals surface area contributed by atoms with Crippen LogP contribution in [-0.4, -0.2) is 22.3 Å². The van der Waals surface area contributed by atoms with Crippen molar-refractivity contribution >= 4 is 11.5 Å². The molecule has 0 bridgehead atoms. The SMILES string of the molecule is C/C(=N\OCCCc1cccc(N)n1)c1cccc(C)n1. The minimum absolute atomic E-state index is 0.541. The molecule has 0 fully saturated rings. The van der Waals surface area contributed by atoms with Crippen LogP contribution < -0.4 is 5.73 Å². The average molecular weight is 284 g/mol. The minimum Gasteiger partial charge on any atom is -0.396 e. The van der Waals surface area contributed by atoms with E-state index >= 15 is 0 Å². The maximum Gasteiger partial charge on any atom is 0.123 e. The number of nitrogens with two attached hydrogens (primary N) is 1. The minimum atomic E-state index is 0.541. The summed E-state index contributed by atoms with van der Waals surface area (Å²) >= 11 is 0. The number of anilines is 1. The Labute approximate surface area is 124 Å². The molecule has 0 aliphatic carbocycles. The van der Waals surface area contributed by atoms with Gasteiger partial charge in [0.25, 0.3) is 0 Å². The first kappa shape index (κ1) is 15.0. The van der Waals surface area contributed by atoms with Gasteiger partial charge in [0.05, 0.1) is 5.69 Å². The standard InChI is InChI=1S/C16H20N4O/c1-12-6-3-9-15(18-12)13(2)20-21-11-5-8-14-7-4-10-16(17)19-14/h3-4,6-7,9-10H,5,8,11H2,1-2H3,(H2,17,19)/b20-13+. The van der Waals surface area contributed by atoms with E-state index in [1.54, 1.807) is 6.07 Å². The fourth-order valence-electron chi connectivity index (χ4n) is 1.89. The molecule has 110 valence electrons. The van der Waals surface area contributed by atoms with E-state index in [1.807, 2.05) is 44.2 Å². The van der Waals surface area contributed by atoms with Gasteiger partial charge >= 0.3 is 0 Å². The Balaban J connectivity index is 1.77. The summed E-state index contributed by atoms with van der Waals surface area (Å²) in [6, 6.07) is 11.5. The first-order chi connectivity index (χ1) is 10.1. The molecule has 2 rings (SSSR count). The Morgan fingerprint density at radius 3 is 2.76 bits per heavy atom. The number of pyridine rings is 2. The third-order valence-electron chi connectivity index (χ3n) is 2.96. The van der Waals surface area contributed by atoms with Crippen molar-refractivity contribution in [2.24, 2.45) is 5.16 Å². The van der Waals surface area contributed by atoms with Crippen LogP contribution in [0.2, 0.25) is 0 Å². The summed E-state index contributed by atoms with van der Waals surface area (Å²) in [6.07, 6.45) is 1.66. The van der Waals surface area contributed by atoms with Crippen molar-refractivity contribution in [2.75, 3.05) is 12.3 Å². The van der Waals surface area contributed by atoms with E-state index in [0.29, 0.717) is 12.4 Å². The predicted molar refractivity (Wildman–Crippen MR) is 84.1 cm³/mol. The summed E-state index contributed by atoms with van der Waals surface area (Å²) < 4.78 is 0. The fourth-order valence-corrected chi connectivity index (χ4v) is 1.89. The molecule has 0 spiro atoms. The monoisotopic (exact) mass is 284 g/mol. The van der Waals surface area contributed by atoms with Gasteiger partial charge in [-0.3, -0.25) is 4.98 Å². The van der Waals surface area contributed by atoms with Gasteiger partial charge in [0.2, 0.25) is 0 Å².